The SMILES string of the molecule is CNCCC(C)CC#N. The van der Waals surface area contributed by atoms with E-state index >= 15 is 0 Å². The summed E-state index contributed by atoms with van der Waals surface area (Å²) in [6, 6.07) is 2.15. The van der Waals surface area contributed by atoms with Crippen molar-refractivity contribution in [2.24, 2.45) is 5.92 Å². The molecule has 0 saturated heterocycles. The Bertz CT molecular complexity index is 93.6. The van der Waals surface area contributed by atoms with Gasteiger partial charge in [0.05, 0.1) is 6.07 Å². The van der Waals surface area contributed by atoms with Crippen LogP contribution in [0.4, 0.5) is 0 Å². The van der Waals surface area contributed by atoms with Crippen LogP contribution in [0.15, 0.2) is 0 Å². The lowest BCUT2D eigenvalue weighted by atomic mass is 10.1. The quantitative estimate of drug-likeness (QED) is 0.613. The molecule has 0 rings (SSSR count). The van der Waals surface area contributed by atoms with E-state index in [9.17, 15) is 0 Å². The van der Waals surface area contributed by atoms with Crippen LogP contribution < -0.4 is 5.32 Å². The molecular formula is C7H14N2. The molecule has 0 aromatic rings. The van der Waals surface area contributed by atoms with Gasteiger partial charge in [0, 0.05) is 6.42 Å². The molecule has 52 valence electrons. The van der Waals surface area contributed by atoms with Gasteiger partial charge in [-0.1, -0.05) is 6.92 Å². The molecule has 0 radical (unpaired) electrons. The van der Waals surface area contributed by atoms with Gasteiger partial charge >= 0.3 is 0 Å². The highest BCUT2D eigenvalue weighted by molar-refractivity contribution is 4.73. The van der Waals surface area contributed by atoms with Gasteiger partial charge in [0.2, 0.25) is 0 Å². The van der Waals surface area contributed by atoms with E-state index < -0.39 is 0 Å². The molecule has 2 nitrogen and oxygen atoms in total. The third-order valence-electron chi connectivity index (χ3n) is 1.33. The first-order chi connectivity index (χ1) is 4.31. The monoisotopic (exact) mass is 126 g/mol. The predicted octanol–water partition coefficient (Wildman–Crippen LogP) is 1.15. The minimum Gasteiger partial charge on any atom is -0.320 e. The molecule has 0 fully saturated rings. The van der Waals surface area contributed by atoms with Gasteiger partial charge in [-0.2, -0.15) is 5.26 Å². The number of nitrogens with one attached hydrogen (secondary N) is 1. The Hall–Kier alpha value is -0.550. The zero-order valence-electron chi connectivity index (χ0n) is 6.15. The van der Waals surface area contributed by atoms with Crippen molar-refractivity contribution in [3.63, 3.8) is 0 Å². The van der Waals surface area contributed by atoms with Crippen molar-refractivity contribution in [3.05, 3.63) is 0 Å². The molecule has 0 amide bonds. The molecular weight excluding hydrogens is 112 g/mol. The first-order valence-electron chi connectivity index (χ1n) is 3.32. The van der Waals surface area contributed by atoms with Crippen LogP contribution in [0, 0.1) is 17.2 Å². The molecule has 0 aliphatic carbocycles. The fourth-order valence-electron chi connectivity index (χ4n) is 0.649. The predicted molar refractivity (Wildman–Crippen MR) is 37.9 cm³/mol. The van der Waals surface area contributed by atoms with Crippen LogP contribution in [0.1, 0.15) is 19.8 Å². The van der Waals surface area contributed by atoms with Gasteiger partial charge in [-0.25, -0.2) is 0 Å². The Morgan fingerprint density at radius 2 is 2.33 bits per heavy atom. The van der Waals surface area contributed by atoms with Crippen molar-refractivity contribution in [2.75, 3.05) is 13.6 Å². The lowest BCUT2D eigenvalue weighted by molar-refractivity contribution is 0.528. The van der Waals surface area contributed by atoms with Crippen molar-refractivity contribution in [1.29, 1.82) is 5.26 Å². The third-order valence-corrected chi connectivity index (χ3v) is 1.33. The van der Waals surface area contributed by atoms with E-state index in [1.165, 1.54) is 0 Å². The topological polar surface area (TPSA) is 35.8 Å². The molecule has 1 unspecified atom stereocenters. The number of hydrogen-bond acceptors (Lipinski definition) is 2. The Labute approximate surface area is 56.9 Å². The van der Waals surface area contributed by atoms with Crippen molar-refractivity contribution in [2.45, 2.75) is 19.8 Å². The van der Waals surface area contributed by atoms with Gasteiger partial charge in [-0.3, -0.25) is 0 Å². The van der Waals surface area contributed by atoms with Crippen molar-refractivity contribution < 1.29 is 0 Å². The molecule has 1 atom stereocenters. The summed E-state index contributed by atoms with van der Waals surface area (Å²) in [6.07, 6.45) is 1.78. The van der Waals surface area contributed by atoms with E-state index in [1.807, 2.05) is 7.05 Å². The van der Waals surface area contributed by atoms with Gasteiger partial charge in [-0.15, -0.1) is 0 Å². The molecule has 0 aromatic carbocycles. The Balaban J connectivity index is 3.08. The lowest BCUT2D eigenvalue weighted by Gasteiger charge is -2.03. The highest BCUT2D eigenvalue weighted by Crippen LogP contribution is 2.03. The highest BCUT2D eigenvalue weighted by atomic mass is 14.8. The van der Waals surface area contributed by atoms with Gasteiger partial charge < -0.3 is 5.32 Å². The lowest BCUT2D eigenvalue weighted by Crippen LogP contribution is -2.10. The van der Waals surface area contributed by atoms with Crippen LogP contribution in [0.25, 0.3) is 0 Å². The summed E-state index contributed by atoms with van der Waals surface area (Å²) < 4.78 is 0. The van der Waals surface area contributed by atoms with Crippen molar-refractivity contribution in [1.82, 2.24) is 5.32 Å². The van der Waals surface area contributed by atoms with Crippen LogP contribution in [0.3, 0.4) is 0 Å². The van der Waals surface area contributed by atoms with Crippen LogP contribution in [-0.4, -0.2) is 13.6 Å². The maximum atomic E-state index is 8.27. The number of rotatable bonds is 4. The normalized spacial score (nSPS) is 12.6. The summed E-state index contributed by atoms with van der Waals surface area (Å²) in [5, 5.41) is 11.3. The van der Waals surface area contributed by atoms with E-state index in [2.05, 4.69) is 18.3 Å². The first-order valence-corrected chi connectivity index (χ1v) is 3.32. The third kappa shape index (κ3) is 5.32. The number of nitrogens with zero attached hydrogens (tertiary/aromatic N) is 1. The molecule has 1 N–H and O–H groups in total. The summed E-state index contributed by atoms with van der Waals surface area (Å²) >= 11 is 0. The molecule has 9 heavy (non-hydrogen) atoms. The largest absolute Gasteiger partial charge is 0.320 e. The minimum atomic E-state index is 0.544. The highest BCUT2D eigenvalue weighted by Gasteiger charge is 1.97. The smallest absolute Gasteiger partial charge is 0.0624 e. The molecule has 0 aromatic heterocycles. The zero-order valence-corrected chi connectivity index (χ0v) is 6.15. The molecule has 0 saturated carbocycles. The first kappa shape index (κ1) is 8.45. The second-order valence-corrected chi connectivity index (χ2v) is 2.36. The molecule has 0 bridgehead atoms. The maximum absolute atomic E-state index is 8.27. The van der Waals surface area contributed by atoms with E-state index in [4.69, 9.17) is 5.26 Å². The molecule has 0 aliphatic rings. The van der Waals surface area contributed by atoms with Gasteiger partial charge in [0.25, 0.3) is 0 Å². The van der Waals surface area contributed by atoms with E-state index in [-0.39, 0.29) is 0 Å². The van der Waals surface area contributed by atoms with Gasteiger partial charge in [-0.05, 0) is 25.9 Å². The summed E-state index contributed by atoms with van der Waals surface area (Å²) in [5.41, 5.74) is 0. The van der Waals surface area contributed by atoms with Gasteiger partial charge in [0.1, 0.15) is 0 Å². The van der Waals surface area contributed by atoms with Crippen LogP contribution in [0.5, 0.6) is 0 Å². The Morgan fingerprint density at radius 3 is 2.78 bits per heavy atom. The van der Waals surface area contributed by atoms with Crippen LogP contribution >= 0.6 is 0 Å². The summed E-state index contributed by atoms with van der Waals surface area (Å²) in [5.74, 6) is 0.544. The summed E-state index contributed by atoms with van der Waals surface area (Å²) in [6.45, 7) is 3.11. The number of nitriles is 1. The summed E-state index contributed by atoms with van der Waals surface area (Å²) in [7, 11) is 1.93. The molecule has 0 spiro atoms. The van der Waals surface area contributed by atoms with Crippen LogP contribution in [-0.2, 0) is 0 Å². The Morgan fingerprint density at radius 1 is 1.67 bits per heavy atom. The van der Waals surface area contributed by atoms with Crippen LogP contribution in [0.2, 0.25) is 0 Å². The fourth-order valence-corrected chi connectivity index (χ4v) is 0.649. The summed E-state index contributed by atoms with van der Waals surface area (Å²) in [4.78, 5) is 0. The van der Waals surface area contributed by atoms with E-state index in [1.54, 1.807) is 0 Å². The fraction of sp³-hybridized carbons (Fsp3) is 0.857. The standard InChI is InChI=1S/C7H14N2/c1-7(3-5-8)4-6-9-2/h7,9H,3-4,6H2,1-2H3. The maximum Gasteiger partial charge on any atom is 0.0624 e. The minimum absolute atomic E-state index is 0.544. The van der Waals surface area contributed by atoms with E-state index in [0.717, 1.165) is 13.0 Å². The molecule has 0 aliphatic heterocycles. The van der Waals surface area contributed by atoms with E-state index in [0.29, 0.717) is 12.3 Å². The van der Waals surface area contributed by atoms with Crippen molar-refractivity contribution in [3.8, 4) is 6.07 Å². The molecule has 0 heterocycles. The Kier molecular flexibility index (Phi) is 5.24. The average molecular weight is 126 g/mol. The zero-order chi connectivity index (χ0) is 7.11. The molecule has 2 heteroatoms. The van der Waals surface area contributed by atoms with Crippen molar-refractivity contribution >= 4 is 0 Å². The second-order valence-electron chi connectivity index (χ2n) is 2.36. The average Bonchev–Trinajstić information content (AvgIpc) is 1.85. The van der Waals surface area contributed by atoms with Gasteiger partial charge in [0.15, 0.2) is 0 Å². The number of hydrogen-bond donors (Lipinski definition) is 1. The second kappa shape index (κ2) is 5.58.